The zero-order chi connectivity index (χ0) is 9.97. The molecule has 2 rings (SSSR count). The largest absolute Gasteiger partial charge is 0.263 e. The molecule has 0 saturated carbocycles. The molecule has 1 saturated heterocycles. The summed E-state index contributed by atoms with van der Waals surface area (Å²) in [5.41, 5.74) is 1.22. The number of pyridine rings is 1. The van der Waals surface area contributed by atoms with Gasteiger partial charge in [0.15, 0.2) is 0 Å². The highest BCUT2D eigenvalue weighted by Crippen LogP contribution is 2.33. The maximum absolute atomic E-state index is 6.07. The second-order valence-corrected chi connectivity index (χ2v) is 6.14. The van der Waals surface area contributed by atoms with Crippen molar-refractivity contribution in [1.29, 1.82) is 0 Å². The summed E-state index contributed by atoms with van der Waals surface area (Å²) in [6, 6.07) is 2.02. The third kappa shape index (κ3) is 2.44. The minimum Gasteiger partial charge on any atom is -0.263 e. The van der Waals surface area contributed by atoms with Gasteiger partial charge in [0, 0.05) is 23.0 Å². The van der Waals surface area contributed by atoms with Gasteiger partial charge in [0.05, 0.1) is 5.02 Å². The zero-order valence-electron chi connectivity index (χ0n) is 7.62. The fourth-order valence-corrected chi connectivity index (χ4v) is 4.28. The van der Waals surface area contributed by atoms with Gasteiger partial charge in [-0.1, -0.05) is 27.5 Å². The van der Waals surface area contributed by atoms with Crippen LogP contribution in [0.5, 0.6) is 0 Å². The fourth-order valence-electron chi connectivity index (χ4n) is 1.61. The van der Waals surface area contributed by atoms with Crippen molar-refractivity contribution in [2.45, 2.75) is 11.2 Å². The van der Waals surface area contributed by atoms with Crippen LogP contribution in [0.3, 0.4) is 0 Å². The van der Waals surface area contributed by atoms with Gasteiger partial charge in [-0.05, 0) is 29.7 Å². The topological polar surface area (TPSA) is 12.9 Å². The molecule has 1 fully saturated rings. The molecule has 1 aliphatic rings. The first-order valence-electron chi connectivity index (χ1n) is 4.57. The van der Waals surface area contributed by atoms with Crippen LogP contribution in [-0.2, 0) is 6.42 Å². The highest BCUT2D eigenvalue weighted by Gasteiger charge is 2.25. The first kappa shape index (κ1) is 10.8. The second-order valence-electron chi connectivity index (χ2n) is 3.48. The predicted octanol–water partition coefficient (Wildman–Crippen LogP) is 3.40. The molecule has 0 amide bonds. The molecule has 1 aliphatic heterocycles. The summed E-state index contributed by atoms with van der Waals surface area (Å²) >= 11 is 11.8. The van der Waals surface area contributed by atoms with E-state index in [0.29, 0.717) is 10.7 Å². The number of nitrogens with zero attached hydrogens (tertiary/aromatic N) is 1. The Morgan fingerprint density at radius 2 is 2.43 bits per heavy atom. The smallest absolute Gasteiger partial charge is 0.0621 e. The van der Waals surface area contributed by atoms with Gasteiger partial charge in [0.25, 0.3) is 0 Å². The highest BCUT2D eigenvalue weighted by atomic mass is 79.9. The lowest BCUT2D eigenvalue weighted by molar-refractivity contribution is 0.616. The summed E-state index contributed by atoms with van der Waals surface area (Å²) in [6.07, 6.45) is 4.60. The number of hydrogen-bond donors (Lipinski definition) is 0. The number of hydrogen-bond acceptors (Lipinski definition) is 2. The standard InChI is InChI=1S/C10H11BrClNS/c11-9-6-14-5-8(9)3-7-1-2-13-4-10(7)12/h1-2,4,8-9H,3,5-6H2. The van der Waals surface area contributed by atoms with Gasteiger partial charge in [0.1, 0.15) is 0 Å². The van der Waals surface area contributed by atoms with Gasteiger partial charge in [-0.25, -0.2) is 0 Å². The maximum atomic E-state index is 6.07. The molecular formula is C10H11BrClNS. The average molecular weight is 293 g/mol. The molecule has 1 nitrogen and oxygen atoms in total. The monoisotopic (exact) mass is 291 g/mol. The second kappa shape index (κ2) is 4.86. The Kier molecular flexibility index (Phi) is 3.74. The minimum atomic E-state index is 0.636. The van der Waals surface area contributed by atoms with Crippen LogP contribution in [0.1, 0.15) is 5.56 Å². The summed E-state index contributed by atoms with van der Waals surface area (Å²) in [5, 5.41) is 0.795. The molecule has 2 heterocycles. The van der Waals surface area contributed by atoms with Crippen molar-refractivity contribution < 1.29 is 0 Å². The lowest BCUT2D eigenvalue weighted by atomic mass is 10.00. The molecule has 0 spiro atoms. The van der Waals surface area contributed by atoms with Crippen molar-refractivity contribution >= 4 is 39.3 Å². The molecule has 0 radical (unpaired) electrons. The number of thioether (sulfide) groups is 1. The van der Waals surface area contributed by atoms with Crippen LogP contribution in [-0.4, -0.2) is 21.3 Å². The Morgan fingerprint density at radius 3 is 3.07 bits per heavy atom. The van der Waals surface area contributed by atoms with E-state index in [1.807, 2.05) is 24.0 Å². The quantitative estimate of drug-likeness (QED) is 0.775. The number of alkyl halides is 1. The SMILES string of the molecule is Clc1cnccc1CC1CSCC1Br. The minimum absolute atomic E-state index is 0.636. The summed E-state index contributed by atoms with van der Waals surface area (Å²) < 4.78 is 0. The van der Waals surface area contributed by atoms with E-state index in [1.54, 1.807) is 6.20 Å². The Balaban J connectivity index is 2.07. The Morgan fingerprint density at radius 1 is 1.57 bits per heavy atom. The third-order valence-electron chi connectivity index (χ3n) is 2.46. The van der Waals surface area contributed by atoms with Gasteiger partial charge >= 0.3 is 0 Å². The summed E-state index contributed by atoms with van der Waals surface area (Å²) in [4.78, 5) is 4.63. The molecule has 0 aliphatic carbocycles. The molecule has 1 aromatic rings. The lowest BCUT2D eigenvalue weighted by Gasteiger charge is -2.13. The van der Waals surface area contributed by atoms with Crippen LogP contribution in [0.2, 0.25) is 5.02 Å². The van der Waals surface area contributed by atoms with Gasteiger partial charge in [-0.2, -0.15) is 11.8 Å². The van der Waals surface area contributed by atoms with E-state index in [2.05, 4.69) is 20.9 Å². The van der Waals surface area contributed by atoms with E-state index in [0.717, 1.165) is 11.4 Å². The van der Waals surface area contributed by atoms with Gasteiger partial charge in [0.2, 0.25) is 0 Å². The van der Waals surface area contributed by atoms with Crippen molar-refractivity contribution in [3.05, 3.63) is 29.0 Å². The highest BCUT2D eigenvalue weighted by molar-refractivity contribution is 9.09. The zero-order valence-corrected chi connectivity index (χ0v) is 10.8. The first-order valence-corrected chi connectivity index (χ1v) is 7.02. The average Bonchev–Trinajstić information content (AvgIpc) is 2.56. The van der Waals surface area contributed by atoms with Gasteiger partial charge in [-0.15, -0.1) is 0 Å². The van der Waals surface area contributed by atoms with Crippen LogP contribution in [0.15, 0.2) is 18.5 Å². The van der Waals surface area contributed by atoms with Crippen LogP contribution in [0, 0.1) is 5.92 Å². The number of aromatic nitrogens is 1. The third-order valence-corrected chi connectivity index (χ3v) is 5.56. The van der Waals surface area contributed by atoms with E-state index in [1.165, 1.54) is 17.1 Å². The van der Waals surface area contributed by atoms with E-state index in [4.69, 9.17) is 11.6 Å². The van der Waals surface area contributed by atoms with Gasteiger partial charge in [-0.3, -0.25) is 4.98 Å². The Labute approximate surface area is 102 Å². The molecular weight excluding hydrogens is 282 g/mol. The molecule has 0 aromatic carbocycles. The van der Waals surface area contributed by atoms with Crippen molar-refractivity contribution in [1.82, 2.24) is 4.98 Å². The van der Waals surface area contributed by atoms with Crippen LogP contribution >= 0.6 is 39.3 Å². The first-order chi connectivity index (χ1) is 6.77. The molecule has 4 heteroatoms. The van der Waals surface area contributed by atoms with E-state index >= 15 is 0 Å². The molecule has 0 N–H and O–H groups in total. The van der Waals surface area contributed by atoms with E-state index in [9.17, 15) is 0 Å². The Bertz CT molecular complexity index is 321. The maximum Gasteiger partial charge on any atom is 0.0621 e. The van der Waals surface area contributed by atoms with Crippen LogP contribution < -0.4 is 0 Å². The summed E-state index contributed by atoms with van der Waals surface area (Å²) in [7, 11) is 0. The lowest BCUT2D eigenvalue weighted by Crippen LogP contribution is -2.14. The number of rotatable bonds is 2. The van der Waals surface area contributed by atoms with Crippen molar-refractivity contribution in [2.24, 2.45) is 5.92 Å². The van der Waals surface area contributed by atoms with Crippen molar-refractivity contribution in [3.63, 3.8) is 0 Å². The predicted molar refractivity (Wildman–Crippen MR) is 66.5 cm³/mol. The fraction of sp³-hybridized carbons (Fsp3) is 0.500. The van der Waals surface area contributed by atoms with E-state index in [-0.39, 0.29) is 0 Å². The van der Waals surface area contributed by atoms with Crippen LogP contribution in [0.25, 0.3) is 0 Å². The molecule has 76 valence electrons. The molecule has 0 bridgehead atoms. The molecule has 14 heavy (non-hydrogen) atoms. The summed E-state index contributed by atoms with van der Waals surface area (Å²) in [6.45, 7) is 0. The van der Waals surface area contributed by atoms with Crippen LogP contribution in [0.4, 0.5) is 0 Å². The molecule has 1 aromatic heterocycles. The normalized spacial score (nSPS) is 26.7. The van der Waals surface area contributed by atoms with Crippen molar-refractivity contribution in [2.75, 3.05) is 11.5 Å². The summed E-state index contributed by atoms with van der Waals surface area (Å²) in [5.74, 6) is 3.15. The van der Waals surface area contributed by atoms with E-state index < -0.39 is 0 Å². The Hall–Kier alpha value is 0.270. The number of halogens is 2. The van der Waals surface area contributed by atoms with Gasteiger partial charge < -0.3 is 0 Å². The van der Waals surface area contributed by atoms with Crippen molar-refractivity contribution in [3.8, 4) is 0 Å². The molecule has 2 unspecified atom stereocenters. The molecule has 2 atom stereocenters.